The first kappa shape index (κ1) is 35.2. The molecule has 1 N–H and O–H groups in total. The lowest BCUT2D eigenvalue weighted by Gasteiger charge is -2.37. The molecule has 0 bridgehead atoms. The van der Waals surface area contributed by atoms with Crippen LogP contribution in [0, 0.1) is 0 Å². The van der Waals surface area contributed by atoms with Crippen molar-refractivity contribution in [3.8, 4) is 0 Å². The van der Waals surface area contributed by atoms with Gasteiger partial charge in [0.15, 0.2) is 16.6 Å². The van der Waals surface area contributed by atoms with E-state index in [1.165, 1.54) is 11.1 Å². The van der Waals surface area contributed by atoms with Gasteiger partial charge in [-0.3, -0.25) is 0 Å². The smallest absolute Gasteiger partial charge is 0.192 e. The summed E-state index contributed by atoms with van der Waals surface area (Å²) in [4.78, 5) is 0. The molecule has 0 aliphatic carbocycles. The summed E-state index contributed by atoms with van der Waals surface area (Å²) in [6.45, 7) is 29.8. The molecule has 0 unspecified atom stereocenters. The van der Waals surface area contributed by atoms with Gasteiger partial charge in [-0.1, -0.05) is 102 Å². The number of hydrogen-bond acceptors (Lipinski definition) is 3. The van der Waals surface area contributed by atoms with Crippen molar-refractivity contribution >= 4 is 34.4 Å². The van der Waals surface area contributed by atoms with E-state index in [0.717, 1.165) is 22.3 Å². The van der Waals surface area contributed by atoms with Gasteiger partial charge < -0.3 is 14.0 Å². The third-order valence-electron chi connectivity index (χ3n) is 8.68. The molecule has 2 rings (SSSR count). The van der Waals surface area contributed by atoms with Gasteiger partial charge in [-0.05, 0) is 103 Å². The average Bonchev–Trinajstić information content (AvgIpc) is 2.83. The lowest BCUT2D eigenvalue weighted by atomic mass is 10.0. The van der Waals surface area contributed by atoms with Crippen molar-refractivity contribution in [1.82, 2.24) is 0 Å². The molecule has 0 atom stereocenters. The Bertz CT molecular complexity index is 1250. The third kappa shape index (κ3) is 11.0. The Kier molecular flexibility index (Phi) is 11.6. The van der Waals surface area contributed by atoms with Crippen molar-refractivity contribution in [2.24, 2.45) is 0 Å². The van der Waals surface area contributed by atoms with Crippen molar-refractivity contribution in [3.63, 3.8) is 0 Å². The number of benzene rings is 2. The zero-order valence-electron chi connectivity index (χ0n) is 28.1. The van der Waals surface area contributed by atoms with Gasteiger partial charge in [-0.2, -0.15) is 0 Å². The first-order valence-corrected chi connectivity index (χ1v) is 20.7. The summed E-state index contributed by atoms with van der Waals surface area (Å²) in [6, 6.07) is 15.2. The van der Waals surface area contributed by atoms with E-state index in [4.69, 9.17) is 8.85 Å². The minimum absolute atomic E-state index is 0.157. The lowest BCUT2D eigenvalue weighted by molar-refractivity contribution is 0.133. The summed E-state index contributed by atoms with van der Waals surface area (Å²) < 4.78 is 13.3. The summed E-state index contributed by atoms with van der Waals surface area (Å²) >= 11 is 0. The number of hydrogen-bond donors (Lipinski definition) is 1. The maximum atomic E-state index is 9.93. The summed E-state index contributed by atoms with van der Waals surface area (Å²) in [5, 5.41) is 10.3. The van der Waals surface area contributed by atoms with E-state index >= 15 is 0 Å². The SMILES string of the molecule is CC(=CC=CC(C)(C)O)c1cccc(C=Cc2ccc(CO[Si](C)(C)C(C)(C)C)c(CO[Si](C)(C)C(C)(C)C)c2)c1. The summed E-state index contributed by atoms with van der Waals surface area (Å²) in [5.74, 6) is 0. The van der Waals surface area contributed by atoms with Gasteiger partial charge in [-0.15, -0.1) is 0 Å². The topological polar surface area (TPSA) is 38.7 Å². The lowest BCUT2D eigenvalue weighted by Crippen LogP contribution is -2.41. The Hall–Kier alpha value is -2.03. The van der Waals surface area contributed by atoms with Gasteiger partial charge in [0.25, 0.3) is 0 Å². The highest BCUT2D eigenvalue weighted by atomic mass is 28.4. The van der Waals surface area contributed by atoms with Crippen LogP contribution in [-0.4, -0.2) is 27.3 Å². The Labute approximate surface area is 253 Å². The number of rotatable bonds is 11. The van der Waals surface area contributed by atoms with Crippen LogP contribution in [-0.2, 0) is 22.1 Å². The number of aliphatic hydroxyl groups is 1. The van der Waals surface area contributed by atoms with E-state index in [1.54, 1.807) is 19.9 Å². The normalized spacial score (nSPS) is 14.4. The van der Waals surface area contributed by atoms with Crippen LogP contribution in [0.3, 0.4) is 0 Å². The van der Waals surface area contributed by atoms with E-state index in [0.29, 0.717) is 13.2 Å². The van der Waals surface area contributed by atoms with Crippen molar-refractivity contribution in [1.29, 1.82) is 0 Å². The fourth-order valence-corrected chi connectivity index (χ4v) is 5.48. The predicted octanol–water partition coefficient (Wildman–Crippen LogP) is 10.6. The van der Waals surface area contributed by atoms with Crippen LogP contribution >= 0.6 is 0 Å². The van der Waals surface area contributed by atoms with E-state index in [9.17, 15) is 5.11 Å². The molecule has 0 spiro atoms. The van der Waals surface area contributed by atoms with E-state index in [-0.39, 0.29) is 10.1 Å². The third-order valence-corrected chi connectivity index (χ3v) is 17.6. The standard InChI is InChI=1S/C36H56O3Si2/c1-28(16-15-23-36(8,9)37)31-18-14-17-29(24-31)19-20-30-21-22-32(26-38-40(10,11)34(2,3)4)33(25-30)27-39-41(12,13)35(5,6)7/h14-25,37H,26-27H2,1-13H3. The fourth-order valence-electron chi connectivity index (χ4n) is 3.58. The second kappa shape index (κ2) is 13.5. The Morgan fingerprint density at radius 3 is 1.76 bits per heavy atom. The molecular formula is C36H56O3Si2. The highest BCUT2D eigenvalue weighted by molar-refractivity contribution is 6.74. The van der Waals surface area contributed by atoms with Gasteiger partial charge in [0.05, 0.1) is 18.8 Å². The molecular weight excluding hydrogens is 537 g/mol. The summed E-state index contributed by atoms with van der Waals surface area (Å²) in [6.07, 6.45) is 10.1. The minimum Gasteiger partial charge on any atom is -0.413 e. The first-order chi connectivity index (χ1) is 18.6. The molecule has 226 valence electrons. The van der Waals surface area contributed by atoms with Crippen LogP contribution in [0.25, 0.3) is 17.7 Å². The molecule has 0 radical (unpaired) electrons. The molecule has 0 aliphatic heterocycles. The zero-order valence-corrected chi connectivity index (χ0v) is 30.1. The molecule has 0 fully saturated rings. The molecule has 0 saturated carbocycles. The number of allylic oxidation sites excluding steroid dienone is 3. The maximum Gasteiger partial charge on any atom is 0.192 e. The Morgan fingerprint density at radius 2 is 1.24 bits per heavy atom. The quantitative estimate of drug-likeness (QED) is 0.160. The van der Waals surface area contributed by atoms with E-state index < -0.39 is 22.2 Å². The predicted molar refractivity (Wildman–Crippen MR) is 185 cm³/mol. The van der Waals surface area contributed by atoms with Gasteiger partial charge in [0.2, 0.25) is 0 Å². The molecule has 5 heteroatoms. The second-order valence-electron chi connectivity index (χ2n) is 14.9. The van der Waals surface area contributed by atoms with Crippen molar-refractivity contribution in [3.05, 3.63) is 88.5 Å². The highest BCUT2D eigenvalue weighted by Crippen LogP contribution is 2.39. The second-order valence-corrected chi connectivity index (χ2v) is 24.6. The van der Waals surface area contributed by atoms with Crippen molar-refractivity contribution in [2.45, 2.75) is 117 Å². The van der Waals surface area contributed by atoms with E-state index in [1.807, 2.05) is 12.2 Å². The molecule has 2 aromatic carbocycles. The Morgan fingerprint density at radius 1 is 0.732 bits per heavy atom. The van der Waals surface area contributed by atoms with Crippen LogP contribution in [0.5, 0.6) is 0 Å². The van der Waals surface area contributed by atoms with Crippen LogP contribution in [0.2, 0.25) is 36.3 Å². The monoisotopic (exact) mass is 592 g/mol. The minimum atomic E-state index is -1.90. The highest BCUT2D eigenvalue weighted by Gasteiger charge is 2.38. The Balaban J connectivity index is 2.34. The van der Waals surface area contributed by atoms with Crippen LogP contribution in [0.15, 0.2) is 60.7 Å². The molecule has 41 heavy (non-hydrogen) atoms. The van der Waals surface area contributed by atoms with Gasteiger partial charge >= 0.3 is 0 Å². The first-order valence-electron chi connectivity index (χ1n) is 14.9. The molecule has 2 aromatic rings. The van der Waals surface area contributed by atoms with E-state index in [2.05, 4.69) is 129 Å². The van der Waals surface area contributed by atoms with Crippen LogP contribution in [0.4, 0.5) is 0 Å². The molecule has 3 nitrogen and oxygen atoms in total. The van der Waals surface area contributed by atoms with Gasteiger partial charge in [-0.25, -0.2) is 0 Å². The van der Waals surface area contributed by atoms with Crippen molar-refractivity contribution < 1.29 is 14.0 Å². The fraction of sp³-hybridized carbons (Fsp3) is 0.500. The molecule has 0 aliphatic rings. The van der Waals surface area contributed by atoms with Crippen LogP contribution in [0.1, 0.15) is 90.1 Å². The van der Waals surface area contributed by atoms with Crippen molar-refractivity contribution in [2.75, 3.05) is 0 Å². The average molecular weight is 593 g/mol. The molecule has 0 saturated heterocycles. The largest absolute Gasteiger partial charge is 0.413 e. The maximum absolute atomic E-state index is 9.93. The molecule has 0 amide bonds. The summed E-state index contributed by atoms with van der Waals surface area (Å²) in [7, 11) is -3.77. The van der Waals surface area contributed by atoms with Gasteiger partial charge in [0, 0.05) is 0 Å². The molecule has 0 heterocycles. The molecule has 0 aromatic heterocycles. The van der Waals surface area contributed by atoms with Gasteiger partial charge in [0.1, 0.15) is 0 Å². The van der Waals surface area contributed by atoms with Crippen LogP contribution < -0.4 is 0 Å². The zero-order chi connectivity index (χ0) is 31.3. The summed E-state index contributed by atoms with van der Waals surface area (Å²) in [5.41, 5.74) is 6.22.